The molecule has 0 heterocycles. The third kappa shape index (κ3) is 75.6. The Morgan fingerprint density at radius 1 is 0.341 bits per heavy atom. The number of carbonyl (C=O) groups excluding carboxylic acids is 2. The topological polar surface area (TPSA) is 134 Å². The highest BCUT2D eigenvalue weighted by Crippen LogP contribution is 2.43. The number of carbonyl (C=O) groups is 2. The van der Waals surface area contributed by atoms with Crippen LogP contribution < -0.4 is 5.73 Å². The van der Waals surface area contributed by atoms with Crippen LogP contribution in [0.1, 0.15) is 361 Å². The van der Waals surface area contributed by atoms with Crippen molar-refractivity contribution in [1.82, 2.24) is 0 Å². The summed E-state index contributed by atoms with van der Waals surface area (Å²) in [7, 11) is -4.41. The molecule has 91 heavy (non-hydrogen) atoms. The zero-order chi connectivity index (χ0) is 65.8. The van der Waals surface area contributed by atoms with Crippen molar-refractivity contribution in [3.8, 4) is 0 Å². The Morgan fingerprint density at radius 2 is 0.604 bits per heavy atom. The Balaban J connectivity index is 3.84. The minimum absolute atomic E-state index is 0.0469. The lowest BCUT2D eigenvalue weighted by atomic mass is 10.0. The van der Waals surface area contributed by atoms with E-state index >= 15 is 0 Å². The normalized spacial score (nSPS) is 13.5. The number of esters is 2. The maximum absolute atomic E-state index is 12.8. The van der Waals surface area contributed by atoms with E-state index in [1.54, 1.807) is 0 Å². The summed E-state index contributed by atoms with van der Waals surface area (Å²) in [6, 6.07) is 0. The van der Waals surface area contributed by atoms with Crippen LogP contribution >= 0.6 is 7.82 Å². The zero-order valence-corrected chi connectivity index (χ0v) is 60.2. The van der Waals surface area contributed by atoms with Crippen molar-refractivity contribution in [1.29, 1.82) is 0 Å². The van der Waals surface area contributed by atoms with Gasteiger partial charge in [-0.05, 0) is 103 Å². The number of unbranched alkanes of at least 4 members (excludes halogenated alkanes) is 41. The molecular weight excluding hydrogens is 1150 g/mol. The molecule has 0 saturated heterocycles. The van der Waals surface area contributed by atoms with E-state index in [1.165, 1.54) is 218 Å². The molecule has 10 heteroatoms. The first kappa shape index (κ1) is 87.7. The molecular formula is C81H144NO8P. The van der Waals surface area contributed by atoms with E-state index in [1.807, 2.05) is 0 Å². The molecule has 0 aromatic carbocycles. The molecule has 0 fully saturated rings. The van der Waals surface area contributed by atoms with Crippen LogP contribution in [0.15, 0.2) is 109 Å². The molecule has 0 rings (SSSR count). The summed E-state index contributed by atoms with van der Waals surface area (Å²) < 4.78 is 33.2. The third-order valence-electron chi connectivity index (χ3n) is 16.6. The lowest BCUT2D eigenvalue weighted by Crippen LogP contribution is -2.29. The van der Waals surface area contributed by atoms with Crippen molar-refractivity contribution in [2.75, 3.05) is 26.4 Å². The Kier molecular flexibility index (Phi) is 72.9. The molecule has 2 unspecified atom stereocenters. The average molecular weight is 1290 g/mol. The van der Waals surface area contributed by atoms with Crippen LogP contribution in [0.2, 0.25) is 0 Å². The van der Waals surface area contributed by atoms with Crippen LogP contribution in [-0.2, 0) is 32.7 Å². The number of phosphoric acid groups is 1. The number of hydrogen-bond donors (Lipinski definition) is 2. The first-order valence-electron chi connectivity index (χ1n) is 38.4. The fraction of sp³-hybridized carbons (Fsp3) is 0.753. The van der Waals surface area contributed by atoms with Crippen LogP contribution in [0.4, 0.5) is 0 Å². The van der Waals surface area contributed by atoms with Gasteiger partial charge in [0, 0.05) is 19.4 Å². The maximum atomic E-state index is 12.8. The zero-order valence-electron chi connectivity index (χ0n) is 59.3. The second-order valence-electron chi connectivity index (χ2n) is 25.5. The second kappa shape index (κ2) is 75.7. The van der Waals surface area contributed by atoms with Gasteiger partial charge in [-0.1, -0.05) is 354 Å². The number of allylic oxidation sites excluding steroid dienone is 18. The predicted molar refractivity (Wildman–Crippen MR) is 395 cm³/mol. The molecule has 0 aliphatic heterocycles. The molecule has 0 aliphatic rings. The van der Waals surface area contributed by atoms with Crippen molar-refractivity contribution >= 4 is 19.8 Å². The summed E-state index contributed by atoms with van der Waals surface area (Å²) in [5.41, 5.74) is 5.41. The highest BCUT2D eigenvalue weighted by atomic mass is 31.2. The Hall–Kier alpha value is -3.33. The standard InChI is InChI=1S/C81H144NO8P/c1-3-5-7-9-11-13-15-17-19-21-23-25-27-29-31-33-35-36-37-38-39-40-41-42-44-45-47-49-51-53-55-57-59-61-63-65-67-69-71-73-80(83)87-77-79(78-89-91(85,86)88-76-75-82)90-81(84)74-72-70-68-66-64-62-60-58-56-54-52-50-48-46-43-34-32-30-28-26-24-22-20-18-16-14-12-10-8-6-4-2/h6,8,12,14,18,20-21,23-24,26,30,32,43,46,50,52,56,58,79H,3-5,7,9-11,13,15-17,19,22,25,27-29,31,33-42,44-45,47-49,51,53-55,57,59-78,82H2,1-2H3,(H,85,86)/b8-6-,14-12-,20-18-,23-21-,26-24-,32-30-,46-43-,52-50-,58-56-. The average Bonchev–Trinajstić information content (AvgIpc) is 3.71. The van der Waals surface area contributed by atoms with E-state index in [0.717, 1.165) is 109 Å². The summed E-state index contributed by atoms with van der Waals surface area (Å²) >= 11 is 0. The van der Waals surface area contributed by atoms with Crippen molar-refractivity contribution in [3.05, 3.63) is 109 Å². The van der Waals surface area contributed by atoms with Gasteiger partial charge in [0.2, 0.25) is 0 Å². The van der Waals surface area contributed by atoms with Crippen LogP contribution in [0.3, 0.4) is 0 Å². The van der Waals surface area contributed by atoms with Crippen molar-refractivity contribution in [2.24, 2.45) is 5.73 Å². The van der Waals surface area contributed by atoms with E-state index < -0.39 is 26.5 Å². The van der Waals surface area contributed by atoms with Gasteiger partial charge in [0.25, 0.3) is 0 Å². The van der Waals surface area contributed by atoms with Gasteiger partial charge in [-0.2, -0.15) is 0 Å². The molecule has 526 valence electrons. The van der Waals surface area contributed by atoms with E-state index in [-0.39, 0.29) is 38.6 Å². The van der Waals surface area contributed by atoms with Gasteiger partial charge < -0.3 is 20.1 Å². The van der Waals surface area contributed by atoms with Gasteiger partial charge in [0.1, 0.15) is 6.61 Å². The molecule has 0 radical (unpaired) electrons. The molecule has 0 saturated carbocycles. The van der Waals surface area contributed by atoms with Crippen LogP contribution in [0.5, 0.6) is 0 Å². The Morgan fingerprint density at radius 3 is 0.912 bits per heavy atom. The molecule has 0 bridgehead atoms. The van der Waals surface area contributed by atoms with Gasteiger partial charge in [-0.3, -0.25) is 18.6 Å². The molecule has 9 nitrogen and oxygen atoms in total. The minimum atomic E-state index is -4.41. The lowest BCUT2D eigenvalue weighted by molar-refractivity contribution is -0.161. The summed E-state index contributed by atoms with van der Waals surface area (Å²) in [5, 5.41) is 0. The SMILES string of the molecule is CC/C=C\C/C=C\C/C=C\C/C=C\C/C=C\C/C=C\C/C=C\C/C=C\CCCCCCCCC(=O)OC(COC(=O)CCCCCCCCCCCCCCCCCCCCCCCCCCCCC/C=C\CCCCCCCCCC)COP(=O)(O)OCCN. The second-order valence-corrected chi connectivity index (χ2v) is 26.9. The number of phosphoric ester groups is 1. The van der Waals surface area contributed by atoms with Crippen molar-refractivity contribution < 1.29 is 37.6 Å². The number of hydrogen-bond acceptors (Lipinski definition) is 8. The number of ether oxygens (including phenoxy) is 2. The quantitative estimate of drug-likeness (QED) is 0.0264. The number of nitrogens with two attached hydrogens (primary N) is 1. The highest BCUT2D eigenvalue weighted by molar-refractivity contribution is 7.47. The molecule has 0 aromatic heterocycles. The van der Waals surface area contributed by atoms with Gasteiger partial charge in [-0.15, -0.1) is 0 Å². The van der Waals surface area contributed by atoms with Gasteiger partial charge in [0.15, 0.2) is 6.10 Å². The van der Waals surface area contributed by atoms with Crippen LogP contribution in [0, 0.1) is 0 Å². The minimum Gasteiger partial charge on any atom is -0.462 e. The van der Waals surface area contributed by atoms with E-state index in [0.29, 0.717) is 6.42 Å². The first-order valence-corrected chi connectivity index (χ1v) is 39.9. The van der Waals surface area contributed by atoms with Crippen molar-refractivity contribution in [2.45, 2.75) is 367 Å². The van der Waals surface area contributed by atoms with Gasteiger partial charge in [-0.25, -0.2) is 4.57 Å². The monoisotopic (exact) mass is 1290 g/mol. The van der Waals surface area contributed by atoms with E-state index in [9.17, 15) is 19.0 Å². The maximum Gasteiger partial charge on any atom is 0.472 e. The lowest BCUT2D eigenvalue weighted by Gasteiger charge is -2.19. The Bertz CT molecular complexity index is 1860. The Labute approximate surface area is 562 Å². The molecule has 0 aliphatic carbocycles. The molecule has 3 N–H and O–H groups in total. The fourth-order valence-corrected chi connectivity index (χ4v) is 11.8. The molecule has 0 aromatic rings. The van der Waals surface area contributed by atoms with Gasteiger partial charge >= 0.3 is 19.8 Å². The third-order valence-corrected chi connectivity index (χ3v) is 17.6. The van der Waals surface area contributed by atoms with Crippen LogP contribution in [-0.4, -0.2) is 49.3 Å². The van der Waals surface area contributed by atoms with E-state index in [4.69, 9.17) is 24.3 Å². The molecule has 2 atom stereocenters. The highest BCUT2D eigenvalue weighted by Gasteiger charge is 2.26. The van der Waals surface area contributed by atoms with Crippen molar-refractivity contribution in [3.63, 3.8) is 0 Å². The van der Waals surface area contributed by atoms with Gasteiger partial charge in [0.05, 0.1) is 13.2 Å². The largest absolute Gasteiger partial charge is 0.472 e. The van der Waals surface area contributed by atoms with E-state index in [2.05, 4.69) is 123 Å². The molecule has 0 spiro atoms. The smallest absolute Gasteiger partial charge is 0.462 e. The molecule has 0 amide bonds. The predicted octanol–water partition coefficient (Wildman–Crippen LogP) is 25.6. The summed E-state index contributed by atoms with van der Waals surface area (Å²) in [5.74, 6) is -0.837. The summed E-state index contributed by atoms with van der Waals surface area (Å²) in [6.07, 6.45) is 105. The fourth-order valence-electron chi connectivity index (χ4n) is 11.0. The summed E-state index contributed by atoms with van der Waals surface area (Å²) in [4.78, 5) is 35.4. The van der Waals surface area contributed by atoms with Crippen LogP contribution in [0.25, 0.3) is 0 Å². The first-order chi connectivity index (χ1) is 44.8. The summed E-state index contributed by atoms with van der Waals surface area (Å²) in [6.45, 7) is 3.65. The number of rotatable bonds is 72.